The van der Waals surface area contributed by atoms with E-state index in [-0.39, 0.29) is 0 Å². The molecule has 0 spiro atoms. The van der Waals surface area contributed by atoms with Gasteiger partial charge in [0.2, 0.25) is 0 Å². The van der Waals surface area contributed by atoms with Gasteiger partial charge in [-0.2, -0.15) is 0 Å². The van der Waals surface area contributed by atoms with Gasteiger partial charge < -0.3 is 13.2 Å². The van der Waals surface area contributed by atoms with Crippen molar-refractivity contribution in [3.05, 3.63) is 54.4 Å². The Morgan fingerprint density at radius 1 is 1.23 bits per heavy atom. The molecule has 0 amide bonds. The van der Waals surface area contributed by atoms with Crippen molar-refractivity contribution in [2.24, 2.45) is 0 Å². The molecule has 4 rings (SSSR count). The van der Waals surface area contributed by atoms with Crippen molar-refractivity contribution < 1.29 is 8.83 Å². The Morgan fingerprint density at radius 3 is 3.00 bits per heavy atom. The third-order valence-electron chi connectivity index (χ3n) is 3.25. The molecule has 4 aromatic heterocycles. The molecule has 7 heteroatoms. The number of furan rings is 1. The molecule has 0 N–H and O–H groups in total. The van der Waals surface area contributed by atoms with Crippen molar-refractivity contribution in [3.63, 3.8) is 0 Å². The van der Waals surface area contributed by atoms with Gasteiger partial charge in [0.05, 0.1) is 17.5 Å². The van der Waals surface area contributed by atoms with Crippen molar-refractivity contribution in [1.82, 2.24) is 19.6 Å². The Labute approximate surface area is 130 Å². The van der Waals surface area contributed by atoms with Crippen LogP contribution in [0.4, 0.5) is 0 Å². The molecule has 4 heterocycles. The predicted octanol–water partition coefficient (Wildman–Crippen LogP) is 3.58. The predicted molar refractivity (Wildman–Crippen MR) is 81.5 cm³/mol. The highest BCUT2D eigenvalue weighted by molar-refractivity contribution is 7.98. The molecular formula is C15H12N4O2S. The molecule has 0 aromatic carbocycles. The van der Waals surface area contributed by atoms with E-state index < -0.39 is 0 Å². The third kappa shape index (κ3) is 2.39. The van der Waals surface area contributed by atoms with Gasteiger partial charge in [0.15, 0.2) is 0 Å². The summed E-state index contributed by atoms with van der Waals surface area (Å²) in [4.78, 5) is 4.54. The summed E-state index contributed by atoms with van der Waals surface area (Å²) in [6.07, 6.45) is 5.58. The molecule has 0 atom stereocenters. The van der Waals surface area contributed by atoms with Crippen molar-refractivity contribution in [1.29, 1.82) is 0 Å². The van der Waals surface area contributed by atoms with Crippen LogP contribution in [0.5, 0.6) is 0 Å². The monoisotopic (exact) mass is 312 g/mol. The third-order valence-corrected chi connectivity index (χ3v) is 4.11. The quantitative estimate of drug-likeness (QED) is 0.536. The summed E-state index contributed by atoms with van der Waals surface area (Å²) < 4.78 is 12.9. The lowest BCUT2D eigenvalue weighted by Crippen LogP contribution is -1.79. The van der Waals surface area contributed by atoms with Crippen LogP contribution in [0, 0.1) is 6.92 Å². The average Bonchev–Trinajstić information content (AvgIpc) is 3.23. The van der Waals surface area contributed by atoms with Crippen LogP contribution in [-0.4, -0.2) is 19.6 Å². The SMILES string of the molecule is Cc1occc1-c1nnc(SCc2cn3ccccc3n2)o1. The maximum atomic E-state index is 5.65. The molecule has 0 saturated carbocycles. The fraction of sp³-hybridized carbons (Fsp3) is 0.133. The second kappa shape index (κ2) is 5.34. The fourth-order valence-electron chi connectivity index (χ4n) is 2.18. The largest absolute Gasteiger partial charge is 0.469 e. The van der Waals surface area contributed by atoms with Crippen molar-refractivity contribution in [2.75, 3.05) is 0 Å². The van der Waals surface area contributed by atoms with Crippen LogP contribution in [0.25, 0.3) is 17.1 Å². The number of pyridine rings is 1. The van der Waals surface area contributed by atoms with E-state index in [1.807, 2.05) is 48.0 Å². The summed E-state index contributed by atoms with van der Waals surface area (Å²) in [7, 11) is 0. The molecule has 0 radical (unpaired) electrons. The van der Waals surface area contributed by atoms with Crippen molar-refractivity contribution in [2.45, 2.75) is 17.9 Å². The summed E-state index contributed by atoms with van der Waals surface area (Å²) in [6.45, 7) is 1.86. The van der Waals surface area contributed by atoms with Gasteiger partial charge in [-0.05, 0) is 25.1 Å². The summed E-state index contributed by atoms with van der Waals surface area (Å²) in [6, 6.07) is 7.74. The van der Waals surface area contributed by atoms with Crippen LogP contribution in [0.2, 0.25) is 0 Å². The van der Waals surface area contributed by atoms with Crippen LogP contribution in [0.15, 0.2) is 57.0 Å². The molecule has 22 heavy (non-hydrogen) atoms. The fourth-order valence-corrected chi connectivity index (χ4v) is 2.82. The second-order valence-corrected chi connectivity index (χ2v) is 5.68. The molecular weight excluding hydrogens is 300 g/mol. The van der Waals surface area contributed by atoms with E-state index in [9.17, 15) is 0 Å². The number of imidazole rings is 1. The van der Waals surface area contributed by atoms with Crippen LogP contribution < -0.4 is 0 Å². The molecule has 6 nitrogen and oxygen atoms in total. The van der Waals surface area contributed by atoms with Crippen molar-refractivity contribution >= 4 is 17.4 Å². The van der Waals surface area contributed by atoms with Crippen LogP contribution in [-0.2, 0) is 5.75 Å². The van der Waals surface area contributed by atoms with Gasteiger partial charge in [0.1, 0.15) is 11.4 Å². The van der Waals surface area contributed by atoms with Gasteiger partial charge in [0.25, 0.3) is 11.1 Å². The van der Waals surface area contributed by atoms with E-state index in [1.165, 1.54) is 11.8 Å². The molecule has 0 fully saturated rings. The molecule has 0 saturated heterocycles. The Bertz CT molecular complexity index is 891. The summed E-state index contributed by atoms with van der Waals surface area (Å²) in [5.74, 6) is 1.91. The molecule has 0 aliphatic heterocycles. The number of nitrogens with zero attached hydrogens (tertiary/aromatic N) is 4. The van der Waals surface area contributed by atoms with E-state index in [4.69, 9.17) is 8.83 Å². The van der Waals surface area contributed by atoms with E-state index in [0.29, 0.717) is 16.9 Å². The van der Waals surface area contributed by atoms with Gasteiger partial charge in [-0.25, -0.2) is 4.98 Å². The zero-order chi connectivity index (χ0) is 14.9. The Hall–Kier alpha value is -2.54. The molecule has 4 aromatic rings. The highest BCUT2D eigenvalue weighted by atomic mass is 32.2. The minimum atomic E-state index is 0.476. The number of thioether (sulfide) groups is 1. The van der Waals surface area contributed by atoms with E-state index in [2.05, 4.69) is 15.2 Å². The van der Waals surface area contributed by atoms with E-state index >= 15 is 0 Å². The first-order chi connectivity index (χ1) is 10.8. The Kier molecular flexibility index (Phi) is 3.19. The van der Waals surface area contributed by atoms with Crippen LogP contribution in [0.1, 0.15) is 11.5 Å². The highest BCUT2D eigenvalue weighted by Crippen LogP contribution is 2.27. The first-order valence-electron chi connectivity index (χ1n) is 6.73. The topological polar surface area (TPSA) is 69.4 Å². The normalized spacial score (nSPS) is 11.3. The van der Waals surface area contributed by atoms with Crippen LogP contribution in [0.3, 0.4) is 0 Å². The van der Waals surface area contributed by atoms with E-state index in [1.54, 1.807) is 6.26 Å². The maximum absolute atomic E-state index is 5.65. The lowest BCUT2D eigenvalue weighted by atomic mass is 10.3. The number of fused-ring (bicyclic) bond motifs is 1. The molecule has 0 unspecified atom stereocenters. The number of hydrogen-bond acceptors (Lipinski definition) is 6. The standard InChI is InChI=1S/C15H12N4O2S/c1-10-12(5-7-20-10)14-17-18-15(21-14)22-9-11-8-19-6-3-2-4-13(19)16-11/h2-8H,9H2,1H3. The first-order valence-corrected chi connectivity index (χ1v) is 7.71. The molecule has 0 aliphatic carbocycles. The Morgan fingerprint density at radius 2 is 2.18 bits per heavy atom. The van der Waals surface area contributed by atoms with Gasteiger partial charge in [0, 0.05) is 18.1 Å². The van der Waals surface area contributed by atoms with Gasteiger partial charge in [-0.15, -0.1) is 10.2 Å². The zero-order valence-electron chi connectivity index (χ0n) is 11.8. The first kappa shape index (κ1) is 13.1. The van der Waals surface area contributed by atoms with Crippen molar-refractivity contribution in [3.8, 4) is 11.5 Å². The summed E-state index contributed by atoms with van der Waals surface area (Å²) >= 11 is 1.47. The highest BCUT2D eigenvalue weighted by Gasteiger charge is 2.13. The minimum Gasteiger partial charge on any atom is -0.469 e. The number of aromatic nitrogens is 4. The molecule has 110 valence electrons. The molecule has 0 bridgehead atoms. The van der Waals surface area contributed by atoms with Gasteiger partial charge in [-0.1, -0.05) is 17.8 Å². The number of rotatable bonds is 4. The van der Waals surface area contributed by atoms with Gasteiger partial charge >= 0.3 is 0 Å². The number of hydrogen-bond donors (Lipinski definition) is 0. The molecule has 0 aliphatic rings. The average molecular weight is 312 g/mol. The van der Waals surface area contributed by atoms with E-state index in [0.717, 1.165) is 22.7 Å². The van der Waals surface area contributed by atoms with Crippen LogP contribution >= 0.6 is 11.8 Å². The second-order valence-electron chi connectivity index (χ2n) is 4.75. The lowest BCUT2D eigenvalue weighted by molar-refractivity contribution is 0.463. The number of aryl methyl sites for hydroxylation is 1. The summed E-state index contributed by atoms with van der Waals surface area (Å²) in [5.41, 5.74) is 2.72. The summed E-state index contributed by atoms with van der Waals surface area (Å²) in [5, 5.41) is 8.62. The Balaban J connectivity index is 1.50. The smallest absolute Gasteiger partial charge is 0.277 e. The zero-order valence-corrected chi connectivity index (χ0v) is 12.6. The van der Waals surface area contributed by atoms with Gasteiger partial charge in [-0.3, -0.25) is 0 Å². The maximum Gasteiger partial charge on any atom is 0.277 e. The minimum absolute atomic E-state index is 0.476. The lowest BCUT2D eigenvalue weighted by Gasteiger charge is -1.92.